The van der Waals surface area contributed by atoms with E-state index >= 15 is 0 Å². The lowest BCUT2D eigenvalue weighted by Crippen LogP contribution is -2.47. The molecule has 2 aliphatic carbocycles. The van der Waals surface area contributed by atoms with Gasteiger partial charge in [0.1, 0.15) is 5.75 Å². The van der Waals surface area contributed by atoms with E-state index in [1.54, 1.807) is 6.92 Å². The van der Waals surface area contributed by atoms with Crippen LogP contribution < -0.4 is 0 Å². The molecular weight excluding hydrogens is 292 g/mol. The van der Waals surface area contributed by atoms with Crippen LogP contribution >= 0.6 is 0 Å². The summed E-state index contributed by atoms with van der Waals surface area (Å²) in [6.07, 6.45) is 4.01. The van der Waals surface area contributed by atoms with Gasteiger partial charge in [0, 0.05) is 5.92 Å². The number of allylic oxidation sites excluding steroid dienone is 1. The van der Waals surface area contributed by atoms with Gasteiger partial charge in [-0.25, -0.2) is 0 Å². The van der Waals surface area contributed by atoms with Gasteiger partial charge in [-0.15, -0.1) is 0 Å². The summed E-state index contributed by atoms with van der Waals surface area (Å²) >= 11 is 0. The normalized spacial score (nSPS) is 40.8. The Bertz CT molecular complexity index is 534. The summed E-state index contributed by atoms with van der Waals surface area (Å²) in [6.45, 7) is 5.85. The van der Waals surface area contributed by atoms with Crippen LogP contribution in [0.4, 0.5) is 0 Å². The fourth-order valence-electron chi connectivity index (χ4n) is 3.96. The first-order valence-electron chi connectivity index (χ1n) is 7.55. The van der Waals surface area contributed by atoms with Gasteiger partial charge < -0.3 is 10.2 Å². The quantitative estimate of drug-likeness (QED) is 0.544. The van der Waals surface area contributed by atoms with Gasteiger partial charge in [-0.3, -0.25) is 4.55 Å². The average molecular weight is 318 g/mol. The Balaban J connectivity index is 2.42. The Morgan fingerprint density at radius 1 is 1.33 bits per heavy atom. The molecule has 1 fully saturated rings. The van der Waals surface area contributed by atoms with Crippen molar-refractivity contribution in [1.82, 2.24) is 0 Å². The maximum Gasteiger partial charge on any atom is 0.267 e. The second-order valence-corrected chi connectivity index (χ2v) is 8.71. The molecule has 2 unspecified atom stereocenters. The van der Waals surface area contributed by atoms with Crippen molar-refractivity contribution >= 4 is 10.1 Å². The Morgan fingerprint density at radius 2 is 1.95 bits per heavy atom. The molecule has 2 aliphatic rings. The van der Waals surface area contributed by atoms with Crippen molar-refractivity contribution in [3.8, 4) is 0 Å². The lowest BCUT2D eigenvalue weighted by atomic mass is 9.77. The van der Waals surface area contributed by atoms with Crippen LogP contribution in [0.15, 0.2) is 11.6 Å². The van der Waals surface area contributed by atoms with E-state index < -0.39 is 27.1 Å². The van der Waals surface area contributed by atoms with E-state index in [2.05, 4.69) is 13.8 Å². The minimum Gasteiger partial charge on any atom is -0.390 e. The topological polar surface area (TPSA) is 94.8 Å². The first-order chi connectivity index (χ1) is 9.45. The maximum absolute atomic E-state index is 11.3. The summed E-state index contributed by atoms with van der Waals surface area (Å²) in [6, 6.07) is 0. The molecule has 0 aromatic carbocycles. The molecule has 21 heavy (non-hydrogen) atoms. The van der Waals surface area contributed by atoms with Crippen LogP contribution in [0.3, 0.4) is 0 Å². The minimum absolute atomic E-state index is 0.274. The molecule has 0 heterocycles. The zero-order valence-electron chi connectivity index (χ0n) is 12.9. The predicted octanol–water partition coefficient (Wildman–Crippen LogP) is 1.76. The fourth-order valence-corrected chi connectivity index (χ4v) is 4.95. The third-order valence-electron chi connectivity index (χ3n) is 5.22. The van der Waals surface area contributed by atoms with Crippen molar-refractivity contribution in [3.05, 3.63) is 11.6 Å². The van der Waals surface area contributed by atoms with Crippen LogP contribution in [-0.4, -0.2) is 40.1 Å². The highest BCUT2D eigenvalue weighted by Crippen LogP contribution is 2.50. The van der Waals surface area contributed by atoms with Crippen LogP contribution in [0.5, 0.6) is 0 Å². The van der Waals surface area contributed by atoms with E-state index in [1.165, 1.54) is 0 Å². The molecule has 0 saturated heterocycles. The molecule has 6 heteroatoms. The highest BCUT2D eigenvalue weighted by molar-refractivity contribution is 7.85. The molecule has 0 aromatic heterocycles. The van der Waals surface area contributed by atoms with E-state index in [9.17, 15) is 23.2 Å². The Labute approximate surface area is 126 Å². The SMILES string of the molecule is CC(C)C1=CC2C(CC[C@@]2(C)O)[C@](O)(CS(=O)(=O)O)CC1. The summed E-state index contributed by atoms with van der Waals surface area (Å²) in [5.41, 5.74) is -1.28. The summed E-state index contributed by atoms with van der Waals surface area (Å²) in [7, 11) is -4.27. The molecule has 0 aliphatic heterocycles. The van der Waals surface area contributed by atoms with Crippen LogP contribution in [-0.2, 0) is 10.1 Å². The number of fused-ring (bicyclic) bond motifs is 1. The van der Waals surface area contributed by atoms with Gasteiger partial charge in [0.05, 0.1) is 11.2 Å². The second-order valence-electron chi connectivity index (χ2n) is 7.25. The second kappa shape index (κ2) is 5.33. The standard InChI is InChI=1S/C15H26O5S/c1-10(2)11-4-7-15(17,9-21(18,19)20)12-5-6-14(3,16)13(12)8-11/h8,10,12-13,16-17H,4-7,9H2,1-3H3,(H,18,19,20)/t12?,13?,14-,15-/m1/s1. The lowest BCUT2D eigenvalue weighted by molar-refractivity contribution is -0.0404. The van der Waals surface area contributed by atoms with Crippen LogP contribution in [0.25, 0.3) is 0 Å². The van der Waals surface area contributed by atoms with Crippen molar-refractivity contribution in [1.29, 1.82) is 0 Å². The molecule has 2 rings (SSSR count). The van der Waals surface area contributed by atoms with Crippen molar-refractivity contribution in [2.75, 3.05) is 5.75 Å². The number of aliphatic hydroxyl groups is 2. The Morgan fingerprint density at radius 3 is 2.48 bits per heavy atom. The van der Waals surface area contributed by atoms with Gasteiger partial charge in [0.25, 0.3) is 10.1 Å². The van der Waals surface area contributed by atoms with Crippen molar-refractivity contribution < 1.29 is 23.2 Å². The monoisotopic (exact) mass is 318 g/mol. The van der Waals surface area contributed by atoms with Gasteiger partial charge in [-0.05, 0) is 44.4 Å². The molecular formula is C15H26O5S. The molecule has 0 radical (unpaired) electrons. The molecule has 0 aromatic rings. The summed E-state index contributed by atoms with van der Waals surface area (Å²) in [4.78, 5) is 0. The molecule has 0 bridgehead atoms. The highest BCUT2D eigenvalue weighted by atomic mass is 32.2. The largest absolute Gasteiger partial charge is 0.390 e. The van der Waals surface area contributed by atoms with Gasteiger partial charge in [-0.2, -0.15) is 8.42 Å². The van der Waals surface area contributed by atoms with Gasteiger partial charge in [0.2, 0.25) is 0 Å². The zero-order chi connectivity index (χ0) is 16.1. The molecule has 0 spiro atoms. The van der Waals surface area contributed by atoms with Crippen molar-refractivity contribution in [3.63, 3.8) is 0 Å². The van der Waals surface area contributed by atoms with E-state index in [4.69, 9.17) is 0 Å². The third-order valence-corrected chi connectivity index (χ3v) is 6.08. The van der Waals surface area contributed by atoms with Crippen molar-refractivity contribution in [2.45, 2.75) is 57.7 Å². The summed E-state index contributed by atoms with van der Waals surface area (Å²) in [5, 5.41) is 21.5. The lowest BCUT2D eigenvalue weighted by Gasteiger charge is -2.36. The Kier molecular flexibility index (Phi) is 4.30. The first kappa shape index (κ1) is 16.9. The third kappa shape index (κ3) is 3.50. The zero-order valence-corrected chi connectivity index (χ0v) is 13.7. The number of hydrogen-bond donors (Lipinski definition) is 3. The molecule has 122 valence electrons. The molecule has 3 N–H and O–H groups in total. The highest BCUT2D eigenvalue weighted by Gasteiger charge is 2.54. The molecule has 4 atom stereocenters. The first-order valence-corrected chi connectivity index (χ1v) is 9.16. The van der Waals surface area contributed by atoms with Crippen LogP contribution in [0.1, 0.15) is 46.5 Å². The van der Waals surface area contributed by atoms with Crippen molar-refractivity contribution in [2.24, 2.45) is 17.8 Å². The predicted molar refractivity (Wildman–Crippen MR) is 80.4 cm³/mol. The van der Waals surface area contributed by atoms with E-state index in [-0.39, 0.29) is 17.8 Å². The summed E-state index contributed by atoms with van der Waals surface area (Å²) in [5.74, 6) is -0.985. The van der Waals surface area contributed by atoms with E-state index in [0.29, 0.717) is 25.7 Å². The molecule has 0 amide bonds. The average Bonchev–Trinajstić information content (AvgIpc) is 2.48. The maximum atomic E-state index is 11.3. The molecule has 5 nitrogen and oxygen atoms in total. The summed E-state index contributed by atoms with van der Waals surface area (Å²) < 4.78 is 31.8. The van der Waals surface area contributed by atoms with Gasteiger partial charge in [-0.1, -0.05) is 25.5 Å². The number of hydrogen-bond acceptors (Lipinski definition) is 4. The van der Waals surface area contributed by atoms with E-state index in [1.807, 2.05) is 6.08 Å². The van der Waals surface area contributed by atoms with Gasteiger partial charge in [0.15, 0.2) is 0 Å². The van der Waals surface area contributed by atoms with Gasteiger partial charge >= 0.3 is 0 Å². The van der Waals surface area contributed by atoms with Crippen LogP contribution in [0, 0.1) is 17.8 Å². The number of rotatable bonds is 3. The van der Waals surface area contributed by atoms with E-state index in [0.717, 1.165) is 5.57 Å². The smallest absolute Gasteiger partial charge is 0.267 e. The van der Waals surface area contributed by atoms with Crippen LogP contribution in [0.2, 0.25) is 0 Å². The fraction of sp³-hybridized carbons (Fsp3) is 0.867. The molecule has 1 saturated carbocycles. The minimum atomic E-state index is -4.27. The Hall–Kier alpha value is -0.430.